The van der Waals surface area contributed by atoms with Crippen LogP contribution >= 0.6 is 12.4 Å². The van der Waals surface area contributed by atoms with Gasteiger partial charge in [0.25, 0.3) is 0 Å². The van der Waals surface area contributed by atoms with Gasteiger partial charge in [0.1, 0.15) is 11.8 Å². The molecule has 0 saturated carbocycles. The fourth-order valence-corrected chi connectivity index (χ4v) is 1.79. The molecule has 0 aliphatic carbocycles. The van der Waals surface area contributed by atoms with Crippen LogP contribution in [-0.4, -0.2) is 38.3 Å². The summed E-state index contributed by atoms with van der Waals surface area (Å²) in [6.45, 7) is 4.31. The number of nitrogens with one attached hydrogen (secondary N) is 2. The molecule has 1 heterocycles. The van der Waals surface area contributed by atoms with Gasteiger partial charge in [0.2, 0.25) is 5.91 Å². The van der Waals surface area contributed by atoms with Crippen LogP contribution in [0.5, 0.6) is 5.75 Å². The molecule has 0 radical (unpaired) electrons. The van der Waals surface area contributed by atoms with Gasteiger partial charge in [0, 0.05) is 18.3 Å². The highest BCUT2D eigenvalue weighted by atomic mass is 35.5. The van der Waals surface area contributed by atoms with Crippen molar-refractivity contribution in [2.24, 2.45) is 0 Å². The van der Waals surface area contributed by atoms with Crippen LogP contribution in [0.4, 0.5) is 5.69 Å². The largest absolute Gasteiger partial charge is 0.494 e. The first-order valence-electron chi connectivity index (χ1n) is 6.14. The van der Waals surface area contributed by atoms with Crippen LogP contribution in [-0.2, 0) is 9.53 Å². The number of anilines is 1. The molecule has 1 unspecified atom stereocenters. The lowest BCUT2D eigenvalue weighted by Gasteiger charge is -2.22. The second-order valence-electron chi connectivity index (χ2n) is 4.03. The second kappa shape index (κ2) is 7.99. The van der Waals surface area contributed by atoms with Gasteiger partial charge in [-0.25, -0.2) is 0 Å². The first-order chi connectivity index (χ1) is 8.79. The number of benzene rings is 1. The number of morpholine rings is 1. The van der Waals surface area contributed by atoms with Gasteiger partial charge in [-0.3, -0.25) is 4.79 Å². The van der Waals surface area contributed by atoms with E-state index in [9.17, 15) is 4.79 Å². The number of carbonyl (C=O) groups excluding carboxylic acids is 1. The molecule has 1 saturated heterocycles. The molecule has 1 aliphatic rings. The summed E-state index contributed by atoms with van der Waals surface area (Å²) < 4.78 is 10.6. The van der Waals surface area contributed by atoms with Gasteiger partial charge >= 0.3 is 0 Å². The monoisotopic (exact) mass is 286 g/mol. The Bertz CT molecular complexity index is 409. The van der Waals surface area contributed by atoms with Crippen molar-refractivity contribution < 1.29 is 14.3 Å². The third-order valence-corrected chi connectivity index (χ3v) is 2.65. The van der Waals surface area contributed by atoms with E-state index in [0.717, 1.165) is 11.4 Å². The van der Waals surface area contributed by atoms with Crippen LogP contribution in [0.2, 0.25) is 0 Å². The molecule has 1 aromatic rings. The minimum absolute atomic E-state index is 0. The van der Waals surface area contributed by atoms with Gasteiger partial charge in [0.05, 0.1) is 19.8 Å². The molecule has 6 heteroatoms. The Morgan fingerprint density at radius 1 is 1.58 bits per heavy atom. The number of ether oxygens (including phenoxy) is 2. The number of carbonyl (C=O) groups is 1. The van der Waals surface area contributed by atoms with E-state index >= 15 is 0 Å². The van der Waals surface area contributed by atoms with Crippen LogP contribution in [0.25, 0.3) is 0 Å². The molecule has 0 aromatic heterocycles. The highest BCUT2D eigenvalue weighted by molar-refractivity contribution is 5.95. The Kier molecular flexibility index (Phi) is 6.62. The van der Waals surface area contributed by atoms with Crippen molar-refractivity contribution in [1.29, 1.82) is 0 Å². The van der Waals surface area contributed by atoms with E-state index in [1.165, 1.54) is 0 Å². The Hall–Kier alpha value is -1.30. The molecule has 19 heavy (non-hydrogen) atoms. The van der Waals surface area contributed by atoms with Gasteiger partial charge in [-0.05, 0) is 19.1 Å². The zero-order chi connectivity index (χ0) is 12.8. The quantitative estimate of drug-likeness (QED) is 0.879. The van der Waals surface area contributed by atoms with Crippen LogP contribution in [0.1, 0.15) is 6.92 Å². The second-order valence-corrected chi connectivity index (χ2v) is 4.03. The lowest BCUT2D eigenvalue weighted by Crippen LogP contribution is -2.48. The zero-order valence-corrected chi connectivity index (χ0v) is 11.7. The molecule has 106 valence electrons. The number of amides is 1. The highest BCUT2D eigenvalue weighted by Gasteiger charge is 2.21. The number of rotatable bonds is 4. The van der Waals surface area contributed by atoms with Gasteiger partial charge in [-0.2, -0.15) is 0 Å². The van der Waals surface area contributed by atoms with Crippen LogP contribution in [0.3, 0.4) is 0 Å². The fraction of sp³-hybridized carbons (Fsp3) is 0.462. The molecule has 1 aliphatic heterocycles. The van der Waals surface area contributed by atoms with Crippen LogP contribution in [0.15, 0.2) is 24.3 Å². The van der Waals surface area contributed by atoms with E-state index in [4.69, 9.17) is 9.47 Å². The van der Waals surface area contributed by atoms with Crippen LogP contribution < -0.4 is 15.4 Å². The van der Waals surface area contributed by atoms with Gasteiger partial charge in [0.15, 0.2) is 0 Å². The van der Waals surface area contributed by atoms with E-state index in [2.05, 4.69) is 10.6 Å². The summed E-state index contributed by atoms with van der Waals surface area (Å²) in [6, 6.07) is 7.08. The summed E-state index contributed by atoms with van der Waals surface area (Å²) in [6.07, 6.45) is 0. The normalized spacial score (nSPS) is 18.3. The SMILES string of the molecule is CCOc1cccc(NC(=O)C2COCCN2)c1.Cl. The van der Waals surface area contributed by atoms with E-state index in [0.29, 0.717) is 26.4 Å². The van der Waals surface area contributed by atoms with E-state index in [1.807, 2.05) is 31.2 Å². The minimum atomic E-state index is -0.283. The summed E-state index contributed by atoms with van der Waals surface area (Å²) in [5.41, 5.74) is 0.735. The standard InChI is InChI=1S/C13H18N2O3.ClH/c1-2-18-11-5-3-4-10(8-11)15-13(16)12-9-17-7-6-14-12;/h3-5,8,12,14H,2,6-7,9H2,1H3,(H,15,16);1H. The third kappa shape index (κ3) is 4.70. The maximum Gasteiger partial charge on any atom is 0.243 e. The molecular weight excluding hydrogens is 268 g/mol. The molecule has 1 amide bonds. The van der Waals surface area contributed by atoms with Crippen molar-refractivity contribution in [3.8, 4) is 5.75 Å². The van der Waals surface area contributed by atoms with Crippen molar-refractivity contribution in [3.63, 3.8) is 0 Å². The first-order valence-corrected chi connectivity index (χ1v) is 6.14. The third-order valence-electron chi connectivity index (χ3n) is 2.65. The van der Waals surface area contributed by atoms with E-state index in [-0.39, 0.29) is 24.4 Å². The van der Waals surface area contributed by atoms with Crippen molar-refractivity contribution in [3.05, 3.63) is 24.3 Å². The van der Waals surface area contributed by atoms with E-state index in [1.54, 1.807) is 0 Å². The zero-order valence-electron chi connectivity index (χ0n) is 10.8. The van der Waals surface area contributed by atoms with Crippen molar-refractivity contribution in [1.82, 2.24) is 5.32 Å². The average molecular weight is 287 g/mol. The Labute approximate surface area is 119 Å². The number of hydrogen-bond donors (Lipinski definition) is 2. The predicted molar refractivity (Wildman–Crippen MR) is 76.1 cm³/mol. The molecule has 1 atom stereocenters. The summed E-state index contributed by atoms with van der Waals surface area (Å²) in [5.74, 6) is 0.673. The molecular formula is C13H19ClN2O3. The first kappa shape index (κ1) is 15.8. The predicted octanol–water partition coefficient (Wildman–Crippen LogP) is 1.43. The van der Waals surface area contributed by atoms with Gasteiger partial charge < -0.3 is 20.1 Å². The molecule has 0 spiro atoms. The maximum absolute atomic E-state index is 11.9. The summed E-state index contributed by atoms with van der Waals surface area (Å²) in [5, 5.41) is 5.96. The minimum Gasteiger partial charge on any atom is -0.494 e. The molecule has 2 rings (SSSR count). The smallest absolute Gasteiger partial charge is 0.243 e. The Balaban J connectivity index is 0.00000180. The average Bonchev–Trinajstić information content (AvgIpc) is 2.40. The summed E-state index contributed by atoms with van der Waals surface area (Å²) in [7, 11) is 0. The van der Waals surface area contributed by atoms with E-state index < -0.39 is 0 Å². The number of hydrogen-bond acceptors (Lipinski definition) is 4. The highest BCUT2D eigenvalue weighted by Crippen LogP contribution is 2.17. The Morgan fingerprint density at radius 2 is 2.42 bits per heavy atom. The summed E-state index contributed by atoms with van der Waals surface area (Å²) in [4.78, 5) is 11.9. The number of halogens is 1. The molecule has 5 nitrogen and oxygen atoms in total. The fourth-order valence-electron chi connectivity index (χ4n) is 1.79. The Morgan fingerprint density at radius 3 is 3.11 bits per heavy atom. The lowest BCUT2D eigenvalue weighted by atomic mass is 10.2. The van der Waals surface area contributed by atoms with Gasteiger partial charge in [-0.15, -0.1) is 12.4 Å². The molecule has 1 fully saturated rings. The van der Waals surface area contributed by atoms with Crippen molar-refractivity contribution in [2.75, 3.05) is 31.7 Å². The van der Waals surface area contributed by atoms with Gasteiger partial charge in [-0.1, -0.05) is 6.07 Å². The topological polar surface area (TPSA) is 59.6 Å². The summed E-state index contributed by atoms with van der Waals surface area (Å²) >= 11 is 0. The lowest BCUT2D eigenvalue weighted by molar-refractivity contribution is -0.120. The van der Waals surface area contributed by atoms with Crippen LogP contribution in [0, 0.1) is 0 Å². The van der Waals surface area contributed by atoms with Crippen molar-refractivity contribution >= 4 is 24.0 Å². The van der Waals surface area contributed by atoms with Crippen molar-refractivity contribution in [2.45, 2.75) is 13.0 Å². The molecule has 2 N–H and O–H groups in total. The maximum atomic E-state index is 11.9. The molecule has 0 bridgehead atoms. The molecule has 1 aromatic carbocycles.